The van der Waals surface area contributed by atoms with Crippen LogP contribution in [0.5, 0.6) is 0 Å². The summed E-state index contributed by atoms with van der Waals surface area (Å²) in [6, 6.07) is 5.49. The Balaban J connectivity index is 2.14. The summed E-state index contributed by atoms with van der Waals surface area (Å²) < 4.78 is 0. The first-order valence-corrected chi connectivity index (χ1v) is 6.46. The molecule has 0 radical (unpaired) electrons. The molecule has 2 aromatic rings. The van der Waals surface area contributed by atoms with Crippen LogP contribution in [-0.4, -0.2) is 15.0 Å². The fraction of sp³-hybridized carbons (Fsp3) is 0.250. The maximum Gasteiger partial charge on any atom is 0.254 e. The SMILES string of the molecule is Cc1nc(SCc2cccc(N)n2)[nH]c(=O)c1C. The number of nitrogens with two attached hydrogens (primary N) is 1. The number of thioether (sulfide) groups is 1. The molecule has 5 nitrogen and oxygen atoms in total. The van der Waals surface area contributed by atoms with Gasteiger partial charge in [0.25, 0.3) is 5.56 Å². The first kappa shape index (κ1) is 12.6. The molecular weight excluding hydrogens is 248 g/mol. The van der Waals surface area contributed by atoms with Crippen LogP contribution in [0, 0.1) is 13.8 Å². The lowest BCUT2D eigenvalue weighted by atomic mass is 10.3. The molecule has 94 valence electrons. The molecule has 0 saturated carbocycles. The van der Waals surface area contributed by atoms with Gasteiger partial charge in [0, 0.05) is 17.0 Å². The van der Waals surface area contributed by atoms with Crippen molar-refractivity contribution in [3.63, 3.8) is 0 Å². The summed E-state index contributed by atoms with van der Waals surface area (Å²) in [5.74, 6) is 1.12. The van der Waals surface area contributed by atoms with Gasteiger partial charge in [-0.25, -0.2) is 9.97 Å². The monoisotopic (exact) mass is 262 g/mol. The molecule has 0 atom stereocenters. The number of aromatic amines is 1. The van der Waals surface area contributed by atoms with Crippen molar-refractivity contribution in [1.29, 1.82) is 0 Å². The molecule has 0 amide bonds. The predicted octanol–water partition coefficient (Wildman–Crippen LogP) is 1.66. The van der Waals surface area contributed by atoms with Crippen molar-refractivity contribution in [2.75, 3.05) is 5.73 Å². The van der Waals surface area contributed by atoms with E-state index in [4.69, 9.17) is 5.73 Å². The second kappa shape index (κ2) is 5.22. The van der Waals surface area contributed by atoms with Gasteiger partial charge < -0.3 is 10.7 Å². The molecule has 2 aromatic heterocycles. The number of aryl methyl sites for hydroxylation is 1. The molecule has 0 spiro atoms. The van der Waals surface area contributed by atoms with Crippen LogP contribution in [0.25, 0.3) is 0 Å². The highest BCUT2D eigenvalue weighted by atomic mass is 32.2. The molecule has 0 aromatic carbocycles. The molecule has 0 aliphatic heterocycles. The van der Waals surface area contributed by atoms with Crippen LogP contribution in [0.4, 0.5) is 5.82 Å². The molecule has 0 saturated heterocycles. The maximum atomic E-state index is 11.6. The second-order valence-corrected chi connectivity index (χ2v) is 4.89. The number of anilines is 1. The fourth-order valence-corrected chi connectivity index (χ4v) is 2.22. The lowest BCUT2D eigenvalue weighted by molar-refractivity contribution is 0.883. The number of pyridine rings is 1. The van der Waals surface area contributed by atoms with Crippen LogP contribution in [0.3, 0.4) is 0 Å². The van der Waals surface area contributed by atoms with Crippen molar-refractivity contribution in [3.8, 4) is 0 Å². The average molecular weight is 262 g/mol. The fourth-order valence-electron chi connectivity index (χ4n) is 1.41. The van der Waals surface area contributed by atoms with Gasteiger partial charge >= 0.3 is 0 Å². The lowest BCUT2D eigenvalue weighted by Gasteiger charge is -2.04. The second-order valence-electron chi connectivity index (χ2n) is 3.92. The average Bonchev–Trinajstić information content (AvgIpc) is 2.33. The van der Waals surface area contributed by atoms with Gasteiger partial charge in [-0.05, 0) is 26.0 Å². The van der Waals surface area contributed by atoms with Gasteiger partial charge in [0.05, 0.1) is 5.69 Å². The Hall–Kier alpha value is -1.82. The van der Waals surface area contributed by atoms with Crippen LogP contribution < -0.4 is 11.3 Å². The van der Waals surface area contributed by atoms with E-state index in [-0.39, 0.29) is 5.56 Å². The topological polar surface area (TPSA) is 84.7 Å². The van der Waals surface area contributed by atoms with Crippen LogP contribution in [0.1, 0.15) is 17.0 Å². The lowest BCUT2D eigenvalue weighted by Crippen LogP contribution is -2.14. The van der Waals surface area contributed by atoms with Crippen LogP contribution >= 0.6 is 11.8 Å². The first-order valence-electron chi connectivity index (χ1n) is 5.48. The number of rotatable bonds is 3. The quantitative estimate of drug-likeness (QED) is 0.649. The standard InChI is InChI=1S/C12H14N4OS/c1-7-8(2)14-12(16-11(7)17)18-6-9-4-3-5-10(13)15-9/h3-5H,6H2,1-2H3,(H2,13,15)(H,14,16,17). The van der Waals surface area contributed by atoms with E-state index in [9.17, 15) is 4.79 Å². The highest BCUT2D eigenvalue weighted by molar-refractivity contribution is 7.98. The molecule has 0 unspecified atom stereocenters. The normalized spacial score (nSPS) is 10.6. The number of nitrogens with zero attached hydrogens (tertiary/aromatic N) is 2. The van der Waals surface area contributed by atoms with E-state index in [1.165, 1.54) is 11.8 Å². The Morgan fingerprint density at radius 1 is 1.33 bits per heavy atom. The van der Waals surface area contributed by atoms with Gasteiger partial charge in [0.1, 0.15) is 5.82 Å². The van der Waals surface area contributed by atoms with E-state index in [0.717, 1.165) is 11.4 Å². The van der Waals surface area contributed by atoms with Gasteiger partial charge in [0.2, 0.25) is 0 Å². The zero-order valence-corrected chi connectivity index (χ0v) is 11.0. The molecule has 3 N–H and O–H groups in total. The number of aromatic nitrogens is 3. The smallest absolute Gasteiger partial charge is 0.254 e. The molecule has 18 heavy (non-hydrogen) atoms. The Kier molecular flexibility index (Phi) is 3.66. The number of hydrogen-bond donors (Lipinski definition) is 2. The third-order valence-corrected chi connectivity index (χ3v) is 3.46. The summed E-state index contributed by atoms with van der Waals surface area (Å²) in [5.41, 5.74) is 7.78. The van der Waals surface area contributed by atoms with E-state index in [1.54, 1.807) is 13.0 Å². The van der Waals surface area contributed by atoms with Gasteiger partial charge in [-0.1, -0.05) is 17.8 Å². The molecule has 0 aliphatic rings. The molecule has 2 rings (SSSR count). The molecule has 0 bridgehead atoms. The third-order valence-electron chi connectivity index (χ3n) is 2.56. The van der Waals surface area contributed by atoms with Crippen molar-refractivity contribution in [2.24, 2.45) is 0 Å². The minimum Gasteiger partial charge on any atom is -0.384 e. The highest BCUT2D eigenvalue weighted by Crippen LogP contribution is 2.18. The third kappa shape index (κ3) is 2.89. The van der Waals surface area contributed by atoms with Crippen LogP contribution in [0.15, 0.2) is 28.2 Å². The van der Waals surface area contributed by atoms with Gasteiger partial charge in [0.15, 0.2) is 5.16 Å². The Bertz CT molecular complexity index is 624. The van der Waals surface area contributed by atoms with Crippen molar-refractivity contribution in [2.45, 2.75) is 24.8 Å². The zero-order chi connectivity index (χ0) is 13.1. The first-order chi connectivity index (χ1) is 8.56. The highest BCUT2D eigenvalue weighted by Gasteiger charge is 2.05. The number of nitrogen functional groups attached to an aromatic ring is 1. The molecule has 6 heteroatoms. The predicted molar refractivity (Wildman–Crippen MR) is 72.5 cm³/mol. The minimum absolute atomic E-state index is 0.0921. The van der Waals surface area contributed by atoms with E-state index in [2.05, 4.69) is 15.0 Å². The van der Waals surface area contributed by atoms with Gasteiger partial charge in [-0.15, -0.1) is 0 Å². The Morgan fingerprint density at radius 3 is 2.78 bits per heavy atom. The van der Waals surface area contributed by atoms with Crippen LogP contribution in [0.2, 0.25) is 0 Å². The van der Waals surface area contributed by atoms with Crippen LogP contribution in [-0.2, 0) is 5.75 Å². The summed E-state index contributed by atoms with van der Waals surface area (Å²) in [6.07, 6.45) is 0. The largest absolute Gasteiger partial charge is 0.384 e. The van der Waals surface area contributed by atoms with Crippen molar-refractivity contribution in [3.05, 3.63) is 45.5 Å². The van der Waals surface area contributed by atoms with Gasteiger partial charge in [-0.2, -0.15) is 0 Å². The molecule has 0 fully saturated rings. The Labute approximate surface area is 109 Å². The van der Waals surface area contributed by atoms with Crippen molar-refractivity contribution >= 4 is 17.6 Å². The van der Waals surface area contributed by atoms with Crippen molar-refractivity contribution < 1.29 is 0 Å². The summed E-state index contributed by atoms with van der Waals surface area (Å²) in [5, 5.41) is 0.604. The zero-order valence-electron chi connectivity index (χ0n) is 10.2. The summed E-state index contributed by atoms with van der Waals surface area (Å²) in [6.45, 7) is 3.59. The Morgan fingerprint density at radius 2 is 2.11 bits per heavy atom. The summed E-state index contributed by atoms with van der Waals surface area (Å²) in [7, 11) is 0. The maximum absolute atomic E-state index is 11.6. The van der Waals surface area contributed by atoms with E-state index < -0.39 is 0 Å². The van der Waals surface area contributed by atoms with E-state index in [0.29, 0.717) is 22.3 Å². The molecule has 2 heterocycles. The van der Waals surface area contributed by atoms with E-state index >= 15 is 0 Å². The number of nitrogens with one attached hydrogen (secondary N) is 1. The van der Waals surface area contributed by atoms with E-state index in [1.807, 2.05) is 19.1 Å². The summed E-state index contributed by atoms with van der Waals surface area (Å²) >= 11 is 1.43. The summed E-state index contributed by atoms with van der Waals surface area (Å²) in [4.78, 5) is 22.8. The van der Waals surface area contributed by atoms with Gasteiger partial charge in [-0.3, -0.25) is 4.79 Å². The molecule has 0 aliphatic carbocycles. The van der Waals surface area contributed by atoms with Crippen molar-refractivity contribution in [1.82, 2.24) is 15.0 Å². The molecular formula is C12H14N4OS. The number of hydrogen-bond acceptors (Lipinski definition) is 5. The minimum atomic E-state index is -0.0921. The number of H-pyrrole nitrogens is 1.